The second-order valence-electron chi connectivity index (χ2n) is 5.95. The molecule has 0 aliphatic carbocycles. The van der Waals surface area contributed by atoms with Crippen LogP contribution in [0.3, 0.4) is 0 Å². The summed E-state index contributed by atoms with van der Waals surface area (Å²) in [6, 6.07) is 6.21. The molecule has 1 N–H and O–H groups in total. The van der Waals surface area contributed by atoms with Gasteiger partial charge in [-0.15, -0.1) is 12.4 Å². The third kappa shape index (κ3) is 5.01. The molecule has 4 heteroatoms. The van der Waals surface area contributed by atoms with Crippen LogP contribution in [0.15, 0.2) is 18.2 Å². The Kier molecular flexibility index (Phi) is 7.20. The Balaban J connectivity index is 0.00000220. The number of benzene rings is 1. The monoisotopic (exact) mass is 310 g/mol. The maximum atomic E-state index is 12.3. The third-order valence-corrected chi connectivity index (χ3v) is 4.48. The molecule has 0 radical (unpaired) electrons. The number of hydrogen-bond donors (Lipinski definition) is 1. The first-order chi connectivity index (χ1) is 9.58. The van der Waals surface area contributed by atoms with Crippen LogP contribution in [0.25, 0.3) is 0 Å². The Labute approximate surface area is 134 Å². The number of nitrogens with one attached hydrogen (secondary N) is 1. The van der Waals surface area contributed by atoms with Crippen molar-refractivity contribution >= 4 is 24.0 Å². The van der Waals surface area contributed by atoms with Crippen molar-refractivity contribution in [3.63, 3.8) is 0 Å². The van der Waals surface area contributed by atoms with E-state index in [0.717, 1.165) is 25.2 Å². The second-order valence-corrected chi connectivity index (χ2v) is 5.95. The molecular weight excluding hydrogens is 284 g/mol. The Morgan fingerprint density at radius 2 is 1.90 bits per heavy atom. The molecule has 1 amide bonds. The number of hydrogen-bond acceptors (Lipinski definition) is 2. The van der Waals surface area contributed by atoms with Gasteiger partial charge >= 0.3 is 0 Å². The van der Waals surface area contributed by atoms with Crippen molar-refractivity contribution in [1.82, 2.24) is 5.32 Å². The average molecular weight is 311 g/mol. The molecule has 1 heterocycles. The molecule has 1 aliphatic heterocycles. The number of piperidine rings is 1. The zero-order chi connectivity index (χ0) is 14.5. The average Bonchev–Trinajstić information content (AvgIpc) is 2.48. The van der Waals surface area contributed by atoms with Gasteiger partial charge in [-0.1, -0.05) is 6.07 Å². The predicted octanol–water partition coefficient (Wildman–Crippen LogP) is 3.47. The molecule has 21 heavy (non-hydrogen) atoms. The predicted molar refractivity (Wildman–Crippen MR) is 91.4 cm³/mol. The number of amides is 1. The lowest BCUT2D eigenvalue weighted by atomic mass is 9.93. The smallest absolute Gasteiger partial charge is 0.226 e. The standard InChI is InChI=1S/C17H26N2O.ClH/c1-13-4-6-16(12-14(13)2)19(3)17(20)7-5-15-8-10-18-11-9-15;/h4,6,12,15,18H,5,7-11H2,1-3H3;1H. The molecule has 2 rings (SSSR count). The Morgan fingerprint density at radius 3 is 2.52 bits per heavy atom. The highest BCUT2D eigenvalue weighted by Gasteiger charge is 2.17. The van der Waals surface area contributed by atoms with Crippen molar-refractivity contribution in [1.29, 1.82) is 0 Å². The molecule has 0 unspecified atom stereocenters. The van der Waals surface area contributed by atoms with Gasteiger partial charge in [0.25, 0.3) is 0 Å². The highest BCUT2D eigenvalue weighted by Crippen LogP contribution is 2.21. The van der Waals surface area contributed by atoms with E-state index >= 15 is 0 Å². The minimum atomic E-state index is 0. The van der Waals surface area contributed by atoms with Gasteiger partial charge in [0.1, 0.15) is 0 Å². The normalized spacial score (nSPS) is 15.4. The Hall–Kier alpha value is -1.06. The zero-order valence-electron chi connectivity index (χ0n) is 13.3. The molecule has 118 valence electrons. The summed E-state index contributed by atoms with van der Waals surface area (Å²) >= 11 is 0. The summed E-state index contributed by atoms with van der Waals surface area (Å²) in [5.41, 5.74) is 3.51. The first kappa shape index (κ1) is 18.0. The van der Waals surface area contributed by atoms with Crippen LogP contribution in [0.5, 0.6) is 0 Å². The lowest BCUT2D eigenvalue weighted by Crippen LogP contribution is -2.30. The van der Waals surface area contributed by atoms with E-state index < -0.39 is 0 Å². The molecule has 0 aromatic heterocycles. The number of anilines is 1. The van der Waals surface area contributed by atoms with E-state index in [9.17, 15) is 4.79 Å². The summed E-state index contributed by atoms with van der Waals surface area (Å²) in [6.07, 6.45) is 4.10. The maximum Gasteiger partial charge on any atom is 0.226 e. The van der Waals surface area contributed by atoms with Crippen LogP contribution in [0, 0.1) is 19.8 Å². The largest absolute Gasteiger partial charge is 0.317 e. The molecule has 0 bridgehead atoms. The van der Waals surface area contributed by atoms with Crippen molar-refractivity contribution in [2.24, 2.45) is 5.92 Å². The van der Waals surface area contributed by atoms with Crippen LogP contribution in [0.2, 0.25) is 0 Å². The number of carbonyl (C=O) groups excluding carboxylic acids is 1. The molecule has 1 saturated heterocycles. The zero-order valence-corrected chi connectivity index (χ0v) is 14.1. The van der Waals surface area contributed by atoms with Crippen molar-refractivity contribution in [3.8, 4) is 0 Å². The fourth-order valence-electron chi connectivity index (χ4n) is 2.74. The topological polar surface area (TPSA) is 32.3 Å². The summed E-state index contributed by atoms with van der Waals surface area (Å²) in [7, 11) is 1.88. The quantitative estimate of drug-likeness (QED) is 0.923. The van der Waals surface area contributed by atoms with Crippen LogP contribution in [0.4, 0.5) is 5.69 Å². The van der Waals surface area contributed by atoms with Gasteiger partial charge in [-0.05, 0) is 75.4 Å². The molecule has 1 aliphatic rings. The van der Waals surface area contributed by atoms with Gasteiger partial charge in [-0.3, -0.25) is 4.79 Å². The lowest BCUT2D eigenvalue weighted by molar-refractivity contribution is -0.118. The minimum Gasteiger partial charge on any atom is -0.317 e. The maximum absolute atomic E-state index is 12.3. The summed E-state index contributed by atoms with van der Waals surface area (Å²) in [6.45, 7) is 6.39. The number of rotatable bonds is 4. The van der Waals surface area contributed by atoms with Crippen LogP contribution >= 0.6 is 12.4 Å². The van der Waals surface area contributed by atoms with E-state index in [1.165, 1.54) is 24.0 Å². The van der Waals surface area contributed by atoms with E-state index in [-0.39, 0.29) is 18.3 Å². The van der Waals surface area contributed by atoms with E-state index in [1.807, 2.05) is 13.1 Å². The Morgan fingerprint density at radius 1 is 1.24 bits per heavy atom. The fraction of sp³-hybridized carbons (Fsp3) is 0.588. The highest BCUT2D eigenvalue weighted by atomic mass is 35.5. The van der Waals surface area contributed by atoms with Crippen molar-refractivity contribution in [2.45, 2.75) is 39.5 Å². The summed E-state index contributed by atoms with van der Waals surface area (Å²) < 4.78 is 0. The molecule has 3 nitrogen and oxygen atoms in total. The van der Waals surface area contributed by atoms with Crippen molar-refractivity contribution in [3.05, 3.63) is 29.3 Å². The van der Waals surface area contributed by atoms with E-state index in [4.69, 9.17) is 0 Å². The summed E-state index contributed by atoms with van der Waals surface area (Å²) in [5.74, 6) is 0.945. The van der Waals surface area contributed by atoms with Crippen molar-refractivity contribution < 1.29 is 4.79 Å². The molecule has 0 saturated carbocycles. The molecular formula is C17H27ClN2O. The van der Waals surface area contributed by atoms with Gasteiger partial charge in [0, 0.05) is 19.2 Å². The first-order valence-corrected chi connectivity index (χ1v) is 7.62. The second kappa shape index (κ2) is 8.40. The van der Waals surface area contributed by atoms with Crippen LogP contribution in [-0.2, 0) is 4.79 Å². The highest BCUT2D eigenvalue weighted by molar-refractivity contribution is 5.92. The number of aryl methyl sites for hydroxylation is 2. The van der Waals surface area contributed by atoms with Gasteiger partial charge in [0.05, 0.1) is 0 Å². The fourth-order valence-corrected chi connectivity index (χ4v) is 2.74. The van der Waals surface area contributed by atoms with Gasteiger partial charge in [0.2, 0.25) is 5.91 Å². The number of carbonyl (C=O) groups is 1. The number of halogens is 1. The molecule has 1 fully saturated rings. The van der Waals surface area contributed by atoms with E-state index in [2.05, 4.69) is 31.3 Å². The van der Waals surface area contributed by atoms with E-state index in [0.29, 0.717) is 12.3 Å². The summed E-state index contributed by atoms with van der Waals surface area (Å²) in [5, 5.41) is 3.37. The van der Waals surface area contributed by atoms with Crippen LogP contribution in [0.1, 0.15) is 36.8 Å². The third-order valence-electron chi connectivity index (χ3n) is 4.48. The Bertz CT molecular complexity index is 470. The van der Waals surface area contributed by atoms with Gasteiger partial charge < -0.3 is 10.2 Å². The van der Waals surface area contributed by atoms with Gasteiger partial charge in [-0.25, -0.2) is 0 Å². The van der Waals surface area contributed by atoms with Gasteiger partial charge in [-0.2, -0.15) is 0 Å². The summed E-state index contributed by atoms with van der Waals surface area (Å²) in [4.78, 5) is 14.1. The molecule has 0 spiro atoms. The molecule has 1 aromatic carbocycles. The van der Waals surface area contributed by atoms with Crippen LogP contribution < -0.4 is 10.2 Å². The SMILES string of the molecule is Cc1ccc(N(C)C(=O)CCC2CCNCC2)cc1C.Cl. The van der Waals surface area contributed by atoms with E-state index in [1.54, 1.807) is 4.90 Å². The van der Waals surface area contributed by atoms with Gasteiger partial charge in [0.15, 0.2) is 0 Å². The first-order valence-electron chi connectivity index (χ1n) is 7.62. The van der Waals surface area contributed by atoms with Crippen LogP contribution in [-0.4, -0.2) is 26.0 Å². The molecule has 1 aromatic rings. The number of nitrogens with zero attached hydrogens (tertiary/aromatic N) is 1. The van der Waals surface area contributed by atoms with Crippen molar-refractivity contribution in [2.75, 3.05) is 25.0 Å². The minimum absolute atomic E-state index is 0. The lowest BCUT2D eigenvalue weighted by Gasteiger charge is -2.24. The molecule has 0 atom stereocenters.